The molecule has 4 aromatic rings. The summed E-state index contributed by atoms with van der Waals surface area (Å²) in [6.07, 6.45) is 3.39. The van der Waals surface area contributed by atoms with Crippen molar-refractivity contribution in [2.45, 2.75) is 13.5 Å². The maximum absolute atomic E-state index is 13.2. The summed E-state index contributed by atoms with van der Waals surface area (Å²) >= 11 is 0. The molecule has 0 saturated carbocycles. The zero-order chi connectivity index (χ0) is 20.4. The lowest BCUT2D eigenvalue weighted by atomic mass is 10.0. The first kappa shape index (κ1) is 18.6. The van der Waals surface area contributed by atoms with E-state index in [0.717, 1.165) is 11.1 Å². The molecule has 0 bridgehead atoms. The molecule has 0 unspecified atom stereocenters. The van der Waals surface area contributed by atoms with Gasteiger partial charge in [0.15, 0.2) is 11.0 Å². The van der Waals surface area contributed by atoms with Gasteiger partial charge in [-0.05, 0) is 36.8 Å². The Bertz CT molecular complexity index is 1230. The molecule has 0 saturated heterocycles. The van der Waals surface area contributed by atoms with E-state index in [-0.39, 0.29) is 11.3 Å². The van der Waals surface area contributed by atoms with E-state index in [0.29, 0.717) is 34.4 Å². The van der Waals surface area contributed by atoms with Crippen molar-refractivity contribution in [1.29, 1.82) is 0 Å². The third kappa shape index (κ3) is 3.55. The number of pyridine rings is 1. The van der Waals surface area contributed by atoms with Gasteiger partial charge in [0.05, 0.1) is 10.9 Å². The molecule has 5 heteroatoms. The van der Waals surface area contributed by atoms with Crippen LogP contribution in [0, 0.1) is 6.92 Å². The zero-order valence-corrected chi connectivity index (χ0v) is 16.3. The SMILES string of the molecule is Cc1c(-c2ccccc2)oc2c(C(=O)N(C)Cc3ccncc3)cccc2c1=O. The van der Waals surface area contributed by atoms with Gasteiger partial charge >= 0.3 is 0 Å². The fourth-order valence-electron chi connectivity index (χ4n) is 3.38. The minimum Gasteiger partial charge on any atom is -0.455 e. The van der Waals surface area contributed by atoms with Crippen molar-refractivity contribution in [3.63, 3.8) is 0 Å². The van der Waals surface area contributed by atoms with Crippen LogP contribution < -0.4 is 5.43 Å². The second-order valence-electron chi connectivity index (χ2n) is 6.95. The molecule has 2 aromatic carbocycles. The summed E-state index contributed by atoms with van der Waals surface area (Å²) in [5.74, 6) is 0.276. The van der Waals surface area contributed by atoms with Gasteiger partial charge in [-0.25, -0.2) is 0 Å². The van der Waals surface area contributed by atoms with Crippen LogP contribution in [0.3, 0.4) is 0 Å². The molecular formula is C24H20N2O3. The minimum atomic E-state index is -0.210. The summed E-state index contributed by atoms with van der Waals surface area (Å²) in [6, 6.07) is 18.3. The molecule has 144 valence electrons. The van der Waals surface area contributed by atoms with E-state index in [2.05, 4.69) is 4.98 Å². The van der Waals surface area contributed by atoms with Gasteiger partial charge in [-0.2, -0.15) is 0 Å². The van der Waals surface area contributed by atoms with Crippen LogP contribution in [0.4, 0.5) is 0 Å². The number of carbonyl (C=O) groups is 1. The van der Waals surface area contributed by atoms with Crippen molar-refractivity contribution in [1.82, 2.24) is 9.88 Å². The Kier molecular flexibility index (Phi) is 4.96. The molecule has 2 heterocycles. The van der Waals surface area contributed by atoms with Crippen molar-refractivity contribution >= 4 is 16.9 Å². The maximum Gasteiger partial charge on any atom is 0.257 e. The van der Waals surface area contributed by atoms with E-state index in [9.17, 15) is 9.59 Å². The molecule has 0 spiro atoms. The molecule has 0 aliphatic rings. The highest BCUT2D eigenvalue weighted by Crippen LogP contribution is 2.27. The summed E-state index contributed by atoms with van der Waals surface area (Å²) in [4.78, 5) is 31.7. The molecule has 0 radical (unpaired) electrons. The van der Waals surface area contributed by atoms with Crippen molar-refractivity contribution in [2.75, 3.05) is 7.05 Å². The molecule has 0 N–H and O–H groups in total. The molecule has 5 nitrogen and oxygen atoms in total. The normalized spacial score (nSPS) is 10.8. The second-order valence-corrected chi connectivity index (χ2v) is 6.95. The van der Waals surface area contributed by atoms with E-state index in [1.165, 1.54) is 0 Å². The van der Waals surface area contributed by atoms with Crippen LogP contribution >= 0.6 is 0 Å². The van der Waals surface area contributed by atoms with Crippen LogP contribution in [0.5, 0.6) is 0 Å². The summed E-state index contributed by atoms with van der Waals surface area (Å²) < 4.78 is 6.15. The first-order valence-corrected chi connectivity index (χ1v) is 9.32. The first-order valence-electron chi connectivity index (χ1n) is 9.32. The quantitative estimate of drug-likeness (QED) is 0.522. The lowest BCUT2D eigenvalue weighted by Crippen LogP contribution is -2.26. The molecule has 2 aromatic heterocycles. The largest absolute Gasteiger partial charge is 0.455 e. The monoisotopic (exact) mass is 384 g/mol. The number of aromatic nitrogens is 1. The van der Waals surface area contributed by atoms with Crippen LogP contribution in [-0.4, -0.2) is 22.8 Å². The van der Waals surface area contributed by atoms with Crippen LogP contribution in [0.1, 0.15) is 21.5 Å². The average molecular weight is 384 g/mol. The lowest BCUT2D eigenvalue weighted by molar-refractivity contribution is 0.0786. The zero-order valence-electron chi connectivity index (χ0n) is 16.3. The van der Waals surface area contributed by atoms with Crippen molar-refractivity contribution in [3.8, 4) is 11.3 Å². The molecule has 0 aliphatic heterocycles. The van der Waals surface area contributed by atoms with Gasteiger partial charge in [0.2, 0.25) is 0 Å². The van der Waals surface area contributed by atoms with Gasteiger partial charge < -0.3 is 9.32 Å². The molecule has 4 rings (SSSR count). The van der Waals surface area contributed by atoms with Crippen molar-refractivity contribution in [2.24, 2.45) is 0 Å². The van der Waals surface area contributed by atoms with Gasteiger partial charge in [0, 0.05) is 37.1 Å². The Morgan fingerprint density at radius 3 is 2.45 bits per heavy atom. The first-order chi connectivity index (χ1) is 14.1. The number of rotatable bonds is 4. The summed E-state index contributed by atoms with van der Waals surface area (Å²) in [6.45, 7) is 2.18. The van der Waals surface area contributed by atoms with E-state index in [1.54, 1.807) is 49.5 Å². The van der Waals surface area contributed by atoms with Crippen molar-refractivity contribution < 1.29 is 9.21 Å². The average Bonchev–Trinajstić information content (AvgIpc) is 2.76. The summed E-state index contributed by atoms with van der Waals surface area (Å²) in [7, 11) is 1.73. The molecule has 1 amide bonds. The van der Waals surface area contributed by atoms with Gasteiger partial charge in [-0.1, -0.05) is 36.4 Å². The fraction of sp³-hybridized carbons (Fsp3) is 0.125. The number of amides is 1. The van der Waals surface area contributed by atoms with E-state index in [4.69, 9.17) is 4.42 Å². The Hall–Kier alpha value is -3.73. The number of fused-ring (bicyclic) bond motifs is 1. The molecule has 0 fully saturated rings. The highest BCUT2D eigenvalue weighted by atomic mass is 16.3. The van der Waals surface area contributed by atoms with E-state index >= 15 is 0 Å². The predicted molar refractivity (Wildman–Crippen MR) is 113 cm³/mol. The number of para-hydroxylation sites is 1. The molecular weight excluding hydrogens is 364 g/mol. The Morgan fingerprint density at radius 1 is 1.00 bits per heavy atom. The Labute approximate surface area is 168 Å². The van der Waals surface area contributed by atoms with Crippen LogP contribution in [0.15, 0.2) is 82.3 Å². The van der Waals surface area contributed by atoms with E-state index < -0.39 is 0 Å². The highest BCUT2D eigenvalue weighted by Gasteiger charge is 2.20. The van der Waals surface area contributed by atoms with Gasteiger partial charge in [-0.15, -0.1) is 0 Å². The van der Waals surface area contributed by atoms with Gasteiger partial charge in [0.25, 0.3) is 5.91 Å². The number of hydrogen-bond acceptors (Lipinski definition) is 4. The van der Waals surface area contributed by atoms with Crippen LogP contribution in [0.2, 0.25) is 0 Å². The second kappa shape index (κ2) is 7.72. The topological polar surface area (TPSA) is 63.4 Å². The number of benzene rings is 2. The standard InChI is InChI=1S/C24H20N2O3/c1-16-21(27)19-9-6-10-20(23(19)29-22(16)18-7-4-3-5-8-18)24(28)26(2)15-17-11-13-25-14-12-17/h3-14H,15H2,1-2H3. The number of carbonyl (C=O) groups excluding carboxylic acids is 1. The fourth-order valence-corrected chi connectivity index (χ4v) is 3.38. The third-order valence-corrected chi connectivity index (χ3v) is 4.93. The molecule has 29 heavy (non-hydrogen) atoms. The Morgan fingerprint density at radius 2 is 1.72 bits per heavy atom. The predicted octanol–water partition coefficient (Wildman–Crippen LogP) is 4.44. The van der Waals surface area contributed by atoms with Gasteiger partial charge in [0.1, 0.15) is 5.76 Å². The number of hydrogen-bond donors (Lipinski definition) is 0. The summed E-state index contributed by atoms with van der Waals surface area (Å²) in [5, 5.41) is 0.408. The van der Waals surface area contributed by atoms with Crippen LogP contribution in [-0.2, 0) is 6.54 Å². The third-order valence-electron chi connectivity index (χ3n) is 4.93. The maximum atomic E-state index is 13.2. The van der Waals surface area contributed by atoms with Crippen LogP contribution in [0.25, 0.3) is 22.3 Å². The summed E-state index contributed by atoms with van der Waals surface area (Å²) in [5.41, 5.74) is 2.85. The molecule has 0 aliphatic carbocycles. The minimum absolute atomic E-state index is 0.128. The smallest absolute Gasteiger partial charge is 0.257 e. The van der Waals surface area contributed by atoms with E-state index in [1.807, 2.05) is 42.5 Å². The Balaban J connectivity index is 1.82. The number of nitrogens with zero attached hydrogens (tertiary/aromatic N) is 2. The van der Waals surface area contributed by atoms with Crippen molar-refractivity contribution in [3.05, 3.63) is 100.0 Å². The highest BCUT2D eigenvalue weighted by molar-refractivity contribution is 6.05. The lowest BCUT2D eigenvalue weighted by Gasteiger charge is -2.18. The van der Waals surface area contributed by atoms with Gasteiger partial charge in [-0.3, -0.25) is 14.6 Å². The molecule has 0 atom stereocenters.